The molecule has 0 aromatic carbocycles. The number of nitrogens with zero attached hydrogens (tertiary/aromatic N) is 3. The zero-order chi connectivity index (χ0) is 13.8. The van der Waals surface area contributed by atoms with Crippen LogP contribution in [0, 0.1) is 10.1 Å². The zero-order valence-corrected chi connectivity index (χ0v) is 11.1. The zero-order valence-electron chi connectivity index (χ0n) is 11.1. The summed E-state index contributed by atoms with van der Waals surface area (Å²) in [6.07, 6.45) is 0. The summed E-state index contributed by atoms with van der Waals surface area (Å²) in [5.74, 6) is 1.07. The molecule has 7 nitrogen and oxygen atoms in total. The average Bonchev–Trinajstić information content (AvgIpc) is 2.39. The minimum atomic E-state index is -0.389. The summed E-state index contributed by atoms with van der Waals surface area (Å²) in [4.78, 5) is 17.0. The van der Waals surface area contributed by atoms with E-state index >= 15 is 0 Å². The van der Waals surface area contributed by atoms with E-state index in [-0.39, 0.29) is 16.7 Å². The van der Waals surface area contributed by atoms with E-state index in [0.29, 0.717) is 31.4 Å². The van der Waals surface area contributed by atoms with E-state index in [1.54, 1.807) is 6.07 Å². The Hall–Kier alpha value is -1.89. The van der Waals surface area contributed by atoms with Crippen LogP contribution in [0.25, 0.3) is 0 Å². The van der Waals surface area contributed by atoms with Gasteiger partial charge < -0.3 is 15.0 Å². The van der Waals surface area contributed by atoms with Crippen LogP contribution in [0.1, 0.15) is 13.8 Å². The Balaban J connectivity index is 2.38. The van der Waals surface area contributed by atoms with Crippen LogP contribution in [-0.4, -0.2) is 42.3 Å². The molecule has 2 rings (SSSR count). The number of pyridine rings is 1. The number of hydrogen-bond acceptors (Lipinski definition) is 6. The largest absolute Gasteiger partial charge is 0.377 e. The molecule has 1 aliphatic rings. The van der Waals surface area contributed by atoms with Gasteiger partial charge in [-0.15, -0.1) is 0 Å². The third kappa shape index (κ3) is 2.93. The Morgan fingerprint density at radius 2 is 2.42 bits per heavy atom. The molecule has 0 bridgehead atoms. The second kappa shape index (κ2) is 5.83. The highest BCUT2D eigenvalue weighted by molar-refractivity contribution is 5.62. The first kappa shape index (κ1) is 13.5. The maximum atomic E-state index is 11.1. The lowest BCUT2D eigenvalue weighted by molar-refractivity contribution is -0.384. The number of nitro groups is 1. The van der Waals surface area contributed by atoms with E-state index in [4.69, 9.17) is 4.74 Å². The third-order valence-electron chi connectivity index (χ3n) is 3.05. The lowest BCUT2D eigenvalue weighted by Crippen LogP contribution is -2.44. The van der Waals surface area contributed by atoms with Crippen molar-refractivity contribution in [2.45, 2.75) is 19.9 Å². The van der Waals surface area contributed by atoms with Crippen LogP contribution in [-0.2, 0) is 4.74 Å². The molecule has 0 saturated carbocycles. The number of ether oxygens (including phenoxy) is 1. The van der Waals surface area contributed by atoms with Crippen LogP contribution in [0.5, 0.6) is 0 Å². The molecule has 1 aromatic rings. The quantitative estimate of drug-likeness (QED) is 0.659. The van der Waals surface area contributed by atoms with Crippen LogP contribution >= 0.6 is 0 Å². The summed E-state index contributed by atoms with van der Waals surface area (Å²) in [5.41, 5.74) is 0.0374. The summed E-state index contributed by atoms with van der Waals surface area (Å²) in [5, 5.41) is 14.2. The molecule has 2 heterocycles. The highest BCUT2D eigenvalue weighted by Gasteiger charge is 2.27. The van der Waals surface area contributed by atoms with Crippen molar-refractivity contribution >= 4 is 17.3 Å². The Kier molecular flexibility index (Phi) is 4.16. The molecule has 7 heteroatoms. The van der Waals surface area contributed by atoms with Gasteiger partial charge in [-0.25, -0.2) is 4.98 Å². The number of rotatable bonds is 4. The van der Waals surface area contributed by atoms with E-state index in [9.17, 15) is 10.1 Å². The fraction of sp³-hybridized carbons (Fsp3) is 0.583. The summed E-state index contributed by atoms with van der Waals surface area (Å²) >= 11 is 0. The van der Waals surface area contributed by atoms with E-state index in [0.717, 1.165) is 6.54 Å². The lowest BCUT2D eigenvalue weighted by atomic mass is 10.2. The Morgan fingerprint density at radius 3 is 3.05 bits per heavy atom. The molecule has 104 valence electrons. The Morgan fingerprint density at radius 1 is 1.63 bits per heavy atom. The van der Waals surface area contributed by atoms with Crippen LogP contribution in [0.4, 0.5) is 17.3 Å². The van der Waals surface area contributed by atoms with Crippen molar-refractivity contribution in [3.8, 4) is 0 Å². The normalized spacial score (nSPS) is 19.3. The molecule has 0 aliphatic carbocycles. The van der Waals surface area contributed by atoms with Gasteiger partial charge >= 0.3 is 5.69 Å². The minimum Gasteiger partial charge on any atom is -0.377 e. The van der Waals surface area contributed by atoms with Gasteiger partial charge in [0.1, 0.15) is 5.82 Å². The number of hydrogen-bond donors (Lipinski definition) is 1. The van der Waals surface area contributed by atoms with Crippen molar-refractivity contribution in [2.24, 2.45) is 0 Å². The third-order valence-corrected chi connectivity index (χ3v) is 3.05. The average molecular weight is 266 g/mol. The van der Waals surface area contributed by atoms with Crippen LogP contribution < -0.4 is 10.2 Å². The van der Waals surface area contributed by atoms with E-state index < -0.39 is 0 Å². The van der Waals surface area contributed by atoms with Gasteiger partial charge in [0.25, 0.3) is 0 Å². The first-order chi connectivity index (χ1) is 9.13. The van der Waals surface area contributed by atoms with Crippen molar-refractivity contribution in [2.75, 3.05) is 36.5 Å². The number of anilines is 2. The van der Waals surface area contributed by atoms with Gasteiger partial charge in [0.05, 0.1) is 24.2 Å². The van der Waals surface area contributed by atoms with E-state index in [1.165, 1.54) is 6.07 Å². The molecule has 19 heavy (non-hydrogen) atoms. The summed E-state index contributed by atoms with van der Waals surface area (Å²) in [6, 6.07) is 3.22. The van der Waals surface area contributed by atoms with Crippen molar-refractivity contribution in [3.63, 3.8) is 0 Å². The van der Waals surface area contributed by atoms with Gasteiger partial charge in [-0.2, -0.15) is 0 Å². The molecule has 1 N–H and O–H groups in total. The predicted molar refractivity (Wildman–Crippen MR) is 72.7 cm³/mol. The van der Waals surface area contributed by atoms with Crippen LogP contribution in [0.15, 0.2) is 12.1 Å². The lowest BCUT2D eigenvalue weighted by Gasteiger charge is -2.33. The van der Waals surface area contributed by atoms with Crippen molar-refractivity contribution < 1.29 is 9.66 Å². The molecular formula is C12H18N4O3. The van der Waals surface area contributed by atoms with Crippen LogP contribution in [0.2, 0.25) is 0 Å². The highest BCUT2D eigenvalue weighted by atomic mass is 16.6. The molecule has 1 unspecified atom stereocenters. The van der Waals surface area contributed by atoms with Gasteiger partial charge in [-0.05, 0) is 19.9 Å². The molecular weight excluding hydrogens is 248 g/mol. The second-order valence-electron chi connectivity index (χ2n) is 4.44. The van der Waals surface area contributed by atoms with E-state index in [2.05, 4.69) is 10.3 Å². The first-order valence-electron chi connectivity index (χ1n) is 6.37. The smallest absolute Gasteiger partial charge is 0.311 e. The topological polar surface area (TPSA) is 80.5 Å². The van der Waals surface area contributed by atoms with Crippen molar-refractivity contribution in [1.29, 1.82) is 0 Å². The number of aromatic nitrogens is 1. The molecule has 1 aromatic heterocycles. The van der Waals surface area contributed by atoms with Gasteiger partial charge in [0, 0.05) is 19.2 Å². The molecule has 0 spiro atoms. The first-order valence-corrected chi connectivity index (χ1v) is 6.37. The Bertz CT molecular complexity index is 466. The second-order valence-corrected chi connectivity index (χ2v) is 4.44. The number of nitrogens with one attached hydrogen (secondary N) is 1. The summed E-state index contributed by atoms with van der Waals surface area (Å²) < 4.78 is 5.36. The summed E-state index contributed by atoms with van der Waals surface area (Å²) in [6.45, 7) is 6.40. The van der Waals surface area contributed by atoms with Gasteiger partial charge in [0.2, 0.25) is 5.82 Å². The summed E-state index contributed by atoms with van der Waals surface area (Å²) in [7, 11) is 0. The highest BCUT2D eigenvalue weighted by Crippen LogP contribution is 2.29. The molecule has 0 radical (unpaired) electrons. The molecule has 1 atom stereocenters. The number of morpholine rings is 1. The fourth-order valence-corrected chi connectivity index (χ4v) is 2.12. The molecule has 1 saturated heterocycles. The van der Waals surface area contributed by atoms with Crippen molar-refractivity contribution in [1.82, 2.24) is 4.98 Å². The van der Waals surface area contributed by atoms with Gasteiger partial charge in [-0.3, -0.25) is 10.1 Å². The minimum absolute atomic E-state index is 0.0374. The van der Waals surface area contributed by atoms with E-state index in [1.807, 2.05) is 18.7 Å². The molecule has 1 fully saturated rings. The van der Waals surface area contributed by atoms with Crippen LogP contribution in [0.3, 0.4) is 0 Å². The Labute approximate surface area is 111 Å². The standard InChI is InChI=1S/C12H18N4O3/c1-3-13-11-5-4-10(16(17)18)12(14-11)15-6-7-19-8-9(15)2/h4-5,9H,3,6-8H2,1-2H3,(H,13,14). The SMILES string of the molecule is CCNc1ccc([N+](=O)[O-])c(N2CCOCC2C)n1. The maximum Gasteiger partial charge on any atom is 0.311 e. The maximum absolute atomic E-state index is 11.1. The molecule has 0 amide bonds. The van der Waals surface area contributed by atoms with Gasteiger partial charge in [0.15, 0.2) is 0 Å². The monoisotopic (exact) mass is 266 g/mol. The fourth-order valence-electron chi connectivity index (χ4n) is 2.12. The molecule has 1 aliphatic heterocycles. The van der Waals surface area contributed by atoms with Gasteiger partial charge in [-0.1, -0.05) is 0 Å². The van der Waals surface area contributed by atoms with Crippen molar-refractivity contribution in [3.05, 3.63) is 22.2 Å². The predicted octanol–water partition coefficient (Wildman–Crippen LogP) is 1.65.